The van der Waals surface area contributed by atoms with Crippen molar-refractivity contribution in [2.24, 2.45) is 0 Å². The van der Waals surface area contributed by atoms with Crippen molar-refractivity contribution in [3.05, 3.63) is 65.2 Å². The first-order valence-corrected chi connectivity index (χ1v) is 8.36. The Balaban J connectivity index is 1.70. The van der Waals surface area contributed by atoms with E-state index in [1.165, 1.54) is 7.05 Å². The Morgan fingerprint density at radius 1 is 1.12 bits per heavy atom. The topological polar surface area (TPSA) is 78.5 Å². The number of imide groups is 1. The number of carbonyl (C=O) groups excluding carboxylic acids is 3. The van der Waals surface area contributed by atoms with E-state index >= 15 is 0 Å². The standard InChI is InChI=1S/C20H21N3O3/c1-13-6-4-5-7-14(13)12-17(24)21-16-10-8-15(9-11-16)20(2)18(25)23(3)19(26)22-20/h4-11H,12H2,1-3H3,(H,21,24)(H,22,26). The Morgan fingerprint density at radius 2 is 1.77 bits per heavy atom. The monoisotopic (exact) mass is 351 g/mol. The van der Waals surface area contributed by atoms with Crippen LogP contribution >= 0.6 is 0 Å². The third kappa shape index (κ3) is 3.18. The summed E-state index contributed by atoms with van der Waals surface area (Å²) in [5, 5.41) is 5.55. The summed E-state index contributed by atoms with van der Waals surface area (Å²) in [6, 6.07) is 14.3. The van der Waals surface area contributed by atoms with Crippen LogP contribution in [0.15, 0.2) is 48.5 Å². The van der Waals surface area contributed by atoms with E-state index in [0.29, 0.717) is 17.7 Å². The maximum absolute atomic E-state index is 12.3. The maximum atomic E-state index is 12.3. The van der Waals surface area contributed by atoms with Gasteiger partial charge in [0.15, 0.2) is 0 Å². The van der Waals surface area contributed by atoms with Gasteiger partial charge in [0.1, 0.15) is 5.54 Å². The van der Waals surface area contributed by atoms with Crippen molar-refractivity contribution in [1.29, 1.82) is 0 Å². The van der Waals surface area contributed by atoms with Gasteiger partial charge in [-0.3, -0.25) is 14.5 Å². The molecule has 2 aromatic carbocycles. The molecule has 1 unspecified atom stereocenters. The molecule has 4 amide bonds. The lowest BCUT2D eigenvalue weighted by Crippen LogP contribution is -2.40. The summed E-state index contributed by atoms with van der Waals surface area (Å²) in [6.45, 7) is 3.64. The zero-order valence-corrected chi connectivity index (χ0v) is 15.0. The van der Waals surface area contributed by atoms with Crippen LogP contribution in [0, 0.1) is 6.92 Å². The number of carbonyl (C=O) groups is 3. The second-order valence-electron chi connectivity index (χ2n) is 6.65. The van der Waals surface area contributed by atoms with Crippen molar-refractivity contribution < 1.29 is 14.4 Å². The van der Waals surface area contributed by atoms with Crippen LogP contribution in [0.4, 0.5) is 10.5 Å². The van der Waals surface area contributed by atoms with Gasteiger partial charge in [0, 0.05) is 12.7 Å². The van der Waals surface area contributed by atoms with Crippen LogP contribution < -0.4 is 10.6 Å². The molecule has 26 heavy (non-hydrogen) atoms. The van der Waals surface area contributed by atoms with Gasteiger partial charge in [-0.15, -0.1) is 0 Å². The number of aryl methyl sites for hydroxylation is 1. The molecule has 0 bridgehead atoms. The molecule has 0 aliphatic carbocycles. The van der Waals surface area contributed by atoms with Crippen molar-refractivity contribution in [3.8, 4) is 0 Å². The minimum Gasteiger partial charge on any atom is -0.326 e. The molecule has 2 aromatic rings. The van der Waals surface area contributed by atoms with E-state index in [0.717, 1.165) is 16.0 Å². The zero-order chi connectivity index (χ0) is 18.9. The van der Waals surface area contributed by atoms with Crippen molar-refractivity contribution in [1.82, 2.24) is 10.2 Å². The first-order chi connectivity index (χ1) is 12.3. The number of hydrogen-bond acceptors (Lipinski definition) is 3. The molecule has 1 aliphatic rings. The molecule has 0 aromatic heterocycles. The van der Waals surface area contributed by atoms with Crippen LogP contribution in [-0.4, -0.2) is 29.8 Å². The van der Waals surface area contributed by atoms with E-state index < -0.39 is 11.6 Å². The Labute approximate surface area is 152 Å². The number of likely N-dealkylation sites (N-methyl/N-ethyl adjacent to an activating group) is 1. The SMILES string of the molecule is Cc1ccccc1CC(=O)Nc1ccc(C2(C)NC(=O)N(C)C2=O)cc1. The molecule has 6 nitrogen and oxygen atoms in total. The summed E-state index contributed by atoms with van der Waals surface area (Å²) in [5.74, 6) is -0.415. The molecule has 134 valence electrons. The van der Waals surface area contributed by atoms with Gasteiger partial charge in [0.05, 0.1) is 6.42 Å². The summed E-state index contributed by atoms with van der Waals surface area (Å²) in [6.07, 6.45) is 0.297. The molecule has 1 saturated heterocycles. The number of hydrogen-bond donors (Lipinski definition) is 2. The number of rotatable bonds is 4. The lowest BCUT2D eigenvalue weighted by Gasteiger charge is -2.22. The predicted molar refractivity (Wildman–Crippen MR) is 98.6 cm³/mol. The molecule has 0 saturated carbocycles. The Kier molecular flexibility index (Phi) is 4.50. The van der Waals surface area contributed by atoms with Gasteiger partial charge < -0.3 is 10.6 Å². The summed E-state index contributed by atoms with van der Waals surface area (Å²) in [5.41, 5.74) is 2.27. The summed E-state index contributed by atoms with van der Waals surface area (Å²) in [4.78, 5) is 37.3. The molecule has 3 rings (SSSR count). The van der Waals surface area contributed by atoms with Gasteiger partial charge >= 0.3 is 6.03 Å². The number of amides is 4. The Bertz CT molecular complexity index is 876. The molecule has 6 heteroatoms. The summed E-state index contributed by atoms with van der Waals surface area (Å²) in [7, 11) is 1.45. The third-order valence-corrected chi connectivity index (χ3v) is 4.75. The number of urea groups is 1. The van der Waals surface area contributed by atoms with Crippen LogP contribution in [0.5, 0.6) is 0 Å². The maximum Gasteiger partial charge on any atom is 0.325 e. The molecular weight excluding hydrogens is 330 g/mol. The summed E-state index contributed by atoms with van der Waals surface area (Å²) < 4.78 is 0. The van der Waals surface area contributed by atoms with Gasteiger partial charge in [0.25, 0.3) is 5.91 Å². The molecule has 1 atom stereocenters. The fourth-order valence-corrected chi connectivity index (χ4v) is 3.05. The minimum atomic E-state index is -1.09. The molecule has 0 radical (unpaired) electrons. The molecular formula is C20H21N3O3. The number of benzene rings is 2. The van der Waals surface area contributed by atoms with Gasteiger partial charge in [-0.25, -0.2) is 4.79 Å². The van der Waals surface area contributed by atoms with Gasteiger partial charge in [0.2, 0.25) is 5.91 Å². The highest BCUT2D eigenvalue weighted by Crippen LogP contribution is 2.28. The van der Waals surface area contributed by atoms with Gasteiger partial charge in [-0.05, 0) is 42.7 Å². The van der Waals surface area contributed by atoms with E-state index in [4.69, 9.17) is 0 Å². The molecule has 1 fully saturated rings. The van der Waals surface area contributed by atoms with Crippen LogP contribution in [0.2, 0.25) is 0 Å². The highest BCUT2D eigenvalue weighted by Gasteiger charge is 2.47. The van der Waals surface area contributed by atoms with Crippen LogP contribution in [0.3, 0.4) is 0 Å². The van der Waals surface area contributed by atoms with E-state index in [-0.39, 0.29) is 11.8 Å². The first-order valence-electron chi connectivity index (χ1n) is 8.36. The van der Waals surface area contributed by atoms with Crippen molar-refractivity contribution >= 4 is 23.5 Å². The van der Waals surface area contributed by atoms with Gasteiger partial charge in [-0.2, -0.15) is 0 Å². The Morgan fingerprint density at radius 3 is 2.35 bits per heavy atom. The van der Waals surface area contributed by atoms with E-state index in [1.54, 1.807) is 31.2 Å². The van der Waals surface area contributed by atoms with Crippen molar-refractivity contribution in [2.45, 2.75) is 25.8 Å². The Hall–Kier alpha value is -3.15. The fraction of sp³-hybridized carbons (Fsp3) is 0.250. The van der Waals surface area contributed by atoms with Crippen LogP contribution in [0.25, 0.3) is 0 Å². The zero-order valence-electron chi connectivity index (χ0n) is 15.0. The number of nitrogens with one attached hydrogen (secondary N) is 2. The minimum absolute atomic E-state index is 0.108. The molecule has 1 heterocycles. The van der Waals surface area contributed by atoms with Gasteiger partial charge in [-0.1, -0.05) is 36.4 Å². The van der Waals surface area contributed by atoms with Crippen molar-refractivity contribution in [2.75, 3.05) is 12.4 Å². The predicted octanol–water partition coefficient (Wildman–Crippen LogP) is 2.57. The molecule has 1 aliphatic heterocycles. The smallest absolute Gasteiger partial charge is 0.325 e. The van der Waals surface area contributed by atoms with Crippen LogP contribution in [0.1, 0.15) is 23.6 Å². The summed E-state index contributed by atoms with van der Waals surface area (Å²) >= 11 is 0. The number of nitrogens with zero attached hydrogens (tertiary/aromatic N) is 1. The molecule has 2 N–H and O–H groups in total. The average molecular weight is 351 g/mol. The first kappa shape index (κ1) is 17.7. The highest BCUT2D eigenvalue weighted by atomic mass is 16.2. The lowest BCUT2D eigenvalue weighted by molar-refractivity contribution is -0.130. The third-order valence-electron chi connectivity index (χ3n) is 4.75. The normalized spacial score (nSPS) is 19.4. The van der Waals surface area contributed by atoms with E-state index in [1.807, 2.05) is 31.2 Å². The second kappa shape index (κ2) is 6.63. The molecule has 0 spiro atoms. The fourth-order valence-electron chi connectivity index (χ4n) is 3.05. The highest BCUT2D eigenvalue weighted by molar-refractivity contribution is 6.07. The quantitative estimate of drug-likeness (QED) is 0.831. The largest absolute Gasteiger partial charge is 0.326 e. The van der Waals surface area contributed by atoms with E-state index in [9.17, 15) is 14.4 Å². The van der Waals surface area contributed by atoms with Crippen LogP contribution in [-0.2, 0) is 21.5 Å². The number of anilines is 1. The second-order valence-corrected chi connectivity index (χ2v) is 6.65. The average Bonchev–Trinajstić information content (AvgIpc) is 2.81. The lowest BCUT2D eigenvalue weighted by atomic mass is 9.92. The van der Waals surface area contributed by atoms with Crippen molar-refractivity contribution in [3.63, 3.8) is 0 Å². The van der Waals surface area contributed by atoms with E-state index in [2.05, 4.69) is 10.6 Å².